The quantitative estimate of drug-likeness (QED) is 0.847. The molecule has 144 valence electrons. The van der Waals surface area contributed by atoms with Crippen molar-refractivity contribution in [1.29, 1.82) is 0 Å². The van der Waals surface area contributed by atoms with E-state index in [1.54, 1.807) is 6.20 Å². The lowest BCUT2D eigenvalue weighted by Gasteiger charge is -2.30. The normalized spacial score (nSPS) is 26.3. The van der Waals surface area contributed by atoms with Crippen LogP contribution in [0.5, 0.6) is 0 Å². The molecule has 3 aliphatic rings. The number of nitrogens with one attached hydrogen (secondary N) is 1. The first-order valence-electron chi connectivity index (χ1n) is 9.03. The Hall–Kier alpha value is -1.87. The minimum absolute atomic E-state index is 0.0964. The predicted molar refractivity (Wildman–Crippen MR) is 90.0 cm³/mol. The number of sulfonamides is 1. The van der Waals surface area contributed by atoms with Gasteiger partial charge in [-0.15, -0.1) is 0 Å². The lowest BCUT2D eigenvalue weighted by molar-refractivity contribution is -0.137. The average Bonchev–Trinajstić information content (AvgIpc) is 3.53. The van der Waals surface area contributed by atoms with Crippen LogP contribution in [-0.4, -0.2) is 22.9 Å². The first-order chi connectivity index (χ1) is 12.8. The Morgan fingerprint density at radius 1 is 1.00 bits per heavy atom. The first-order valence-corrected chi connectivity index (χ1v) is 10.5. The van der Waals surface area contributed by atoms with Crippen LogP contribution >= 0.6 is 0 Å². The standard InChI is InChI=1S/C18H18F3N3O2S/c19-18(20,21)12-5-7-13(8-6-12)27(25,26)24-16(10-1-2-10)14-9-22-23-15(14)17(24)11-3-4-11/h5-11,16-17H,1-4H2,(H,22,23)/t16?,17-/m0/s1. The van der Waals surface area contributed by atoms with Crippen molar-refractivity contribution in [3.63, 3.8) is 0 Å². The van der Waals surface area contributed by atoms with Gasteiger partial charge in [0.2, 0.25) is 10.0 Å². The van der Waals surface area contributed by atoms with Crippen molar-refractivity contribution >= 4 is 10.0 Å². The number of nitrogens with zero attached hydrogens (tertiary/aromatic N) is 2. The van der Waals surface area contributed by atoms with Gasteiger partial charge in [0.1, 0.15) is 0 Å². The van der Waals surface area contributed by atoms with Crippen LogP contribution in [0.3, 0.4) is 0 Å². The molecule has 0 bridgehead atoms. The number of aromatic nitrogens is 2. The summed E-state index contributed by atoms with van der Waals surface area (Å²) in [6.07, 6.45) is 1.05. The molecule has 1 aliphatic heterocycles. The number of aromatic amines is 1. The van der Waals surface area contributed by atoms with Crippen molar-refractivity contribution in [2.24, 2.45) is 11.8 Å². The molecule has 0 amide bonds. The molecule has 1 aromatic carbocycles. The second kappa shape index (κ2) is 5.57. The van der Waals surface area contributed by atoms with Crippen LogP contribution in [0.15, 0.2) is 35.4 Å². The Morgan fingerprint density at radius 2 is 1.59 bits per heavy atom. The SMILES string of the molecule is O=S(=O)(c1ccc(C(F)(F)F)cc1)N1C(C2CC2)c2c[nH]nc2[C@@H]1C1CC1. The van der Waals surface area contributed by atoms with Gasteiger partial charge in [-0.2, -0.15) is 22.6 Å². The number of fused-ring (bicyclic) bond motifs is 1. The van der Waals surface area contributed by atoms with Gasteiger partial charge in [0.05, 0.1) is 28.2 Å². The van der Waals surface area contributed by atoms with Crippen molar-refractivity contribution in [3.05, 3.63) is 47.3 Å². The van der Waals surface area contributed by atoms with Crippen molar-refractivity contribution in [3.8, 4) is 0 Å². The van der Waals surface area contributed by atoms with Crippen molar-refractivity contribution in [2.45, 2.75) is 48.8 Å². The zero-order chi connectivity index (χ0) is 19.0. The summed E-state index contributed by atoms with van der Waals surface area (Å²) in [6.45, 7) is 0. The molecule has 2 atom stereocenters. The summed E-state index contributed by atoms with van der Waals surface area (Å²) in [7, 11) is -3.93. The molecule has 9 heteroatoms. The third-order valence-electron chi connectivity index (χ3n) is 5.74. The molecule has 5 rings (SSSR count). The Morgan fingerprint density at radius 3 is 2.15 bits per heavy atom. The first kappa shape index (κ1) is 17.2. The lowest BCUT2D eigenvalue weighted by Crippen LogP contribution is -2.35. The van der Waals surface area contributed by atoms with E-state index in [1.807, 2.05) is 0 Å². The molecule has 0 spiro atoms. The smallest absolute Gasteiger partial charge is 0.285 e. The highest BCUT2D eigenvalue weighted by Crippen LogP contribution is 2.60. The number of rotatable bonds is 4. The largest absolute Gasteiger partial charge is 0.416 e. The van der Waals surface area contributed by atoms with E-state index in [1.165, 1.54) is 4.31 Å². The van der Waals surface area contributed by atoms with Gasteiger partial charge in [-0.1, -0.05) is 0 Å². The van der Waals surface area contributed by atoms with Gasteiger partial charge in [0.15, 0.2) is 0 Å². The van der Waals surface area contributed by atoms with Crippen molar-refractivity contribution in [2.75, 3.05) is 0 Å². The maximum atomic E-state index is 13.5. The second-order valence-corrected chi connectivity index (χ2v) is 9.49. The summed E-state index contributed by atoms with van der Waals surface area (Å²) in [5, 5.41) is 7.19. The Bertz CT molecular complexity index is 942. The van der Waals surface area contributed by atoms with E-state index in [4.69, 9.17) is 0 Å². The van der Waals surface area contributed by atoms with Crippen molar-refractivity contribution in [1.82, 2.24) is 14.5 Å². The van der Waals surface area contributed by atoms with Crippen LogP contribution in [0, 0.1) is 11.8 Å². The molecule has 1 aromatic heterocycles. The van der Waals surface area contributed by atoms with Gasteiger partial charge in [-0.25, -0.2) is 8.42 Å². The van der Waals surface area contributed by atoms with Gasteiger partial charge in [-0.3, -0.25) is 5.10 Å². The summed E-state index contributed by atoms with van der Waals surface area (Å²) >= 11 is 0. The van der Waals surface area contributed by atoms with E-state index in [-0.39, 0.29) is 28.8 Å². The third kappa shape index (κ3) is 2.70. The molecular weight excluding hydrogens is 379 g/mol. The van der Waals surface area contributed by atoms with Crippen LogP contribution in [0.25, 0.3) is 0 Å². The zero-order valence-electron chi connectivity index (χ0n) is 14.3. The van der Waals surface area contributed by atoms with Crippen molar-refractivity contribution < 1.29 is 21.6 Å². The molecule has 0 saturated heterocycles. The Labute approximate surface area is 154 Å². The summed E-state index contributed by atoms with van der Waals surface area (Å²) in [4.78, 5) is -0.0964. The number of hydrogen-bond donors (Lipinski definition) is 1. The maximum Gasteiger partial charge on any atom is 0.416 e. The molecule has 2 heterocycles. The minimum Gasteiger partial charge on any atom is -0.285 e. The Kier molecular flexibility index (Phi) is 3.56. The highest BCUT2D eigenvalue weighted by molar-refractivity contribution is 7.89. The number of halogens is 3. The minimum atomic E-state index is -4.49. The van der Waals surface area contributed by atoms with Gasteiger partial charge in [0.25, 0.3) is 0 Å². The number of alkyl halides is 3. The third-order valence-corrected chi connectivity index (χ3v) is 7.62. The monoisotopic (exact) mass is 397 g/mol. The van der Waals surface area contributed by atoms with Crippen LogP contribution in [0.2, 0.25) is 0 Å². The summed E-state index contributed by atoms with van der Waals surface area (Å²) in [5.41, 5.74) is 0.850. The number of H-pyrrole nitrogens is 1. The van der Waals surface area contributed by atoms with Gasteiger partial charge < -0.3 is 0 Å². The molecule has 0 radical (unpaired) electrons. The fourth-order valence-corrected chi connectivity index (χ4v) is 6.05. The van der Waals surface area contributed by atoms with E-state index >= 15 is 0 Å². The van der Waals surface area contributed by atoms with Crippen LogP contribution in [0.1, 0.15) is 54.6 Å². The fraction of sp³-hybridized carbons (Fsp3) is 0.500. The maximum absolute atomic E-state index is 13.5. The molecule has 27 heavy (non-hydrogen) atoms. The molecule has 5 nitrogen and oxygen atoms in total. The highest BCUT2D eigenvalue weighted by Gasteiger charge is 2.56. The average molecular weight is 397 g/mol. The van der Waals surface area contributed by atoms with E-state index in [0.717, 1.165) is 61.2 Å². The predicted octanol–water partition coefficient (Wildman–Crippen LogP) is 4.04. The Balaban J connectivity index is 1.57. The molecule has 1 N–H and O–H groups in total. The summed E-state index contributed by atoms with van der Waals surface area (Å²) in [6, 6.07) is 3.19. The van der Waals surface area contributed by atoms with Gasteiger partial charge >= 0.3 is 6.18 Å². The molecule has 2 aliphatic carbocycles. The second-order valence-electron chi connectivity index (χ2n) is 7.65. The van der Waals surface area contributed by atoms with E-state index in [9.17, 15) is 21.6 Å². The van der Waals surface area contributed by atoms with Crippen LogP contribution in [-0.2, 0) is 16.2 Å². The fourth-order valence-electron chi connectivity index (χ4n) is 4.17. The van der Waals surface area contributed by atoms with Gasteiger partial charge in [0, 0.05) is 11.8 Å². The number of hydrogen-bond acceptors (Lipinski definition) is 3. The topological polar surface area (TPSA) is 66.1 Å². The lowest BCUT2D eigenvalue weighted by atomic mass is 10.1. The number of benzene rings is 1. The summed E-state index contributed by atoms with van der Waals surface area (Å²) in [5.74, 6) is 0.467. The zero-order valence-corrected chi connectivity index (χ0v) is 15.1. The van der Waals surface area contributed by atoms with Crippen LogP contribution < -0.4 is 0 Å². The van der Waals surface area contributed by atoms with E-state index in [2.05, 4.69) is 10.2 Å². The highest BCUT2D eigenvalue weighted by atomic mass is 32.2. The molecular formula is C18H18F3N3O2S. The summed E-state index contributed by atoms with van der Waals surface area (Å²) < 4.78 is 67.0. The molecule has 2 fully saturated rings. The molecule has 2 saturated carbocycles. The molecule has 2 aromatic rings. The van der Waals surface area contributed by atoms with Crippen LogP contribution in [0.4, 0.5) is 13.2 Å². The van der Waals surface area contributed by atoms with E-state index in [0.29, 0.717) is 0 Å². The van der Waals surface area contributed by atoms with Gasteiger partial charge in [-0.05, 0) is 61.8 Å². The molecule has 1 unspecified atom stereocenters. The van der Waals surface area contributed by atoms with E-state index < -0.39 is 21.8 Å².